The third-order valence-electron chi connectivity index (χ3n) is 2.41. The molecule has 6 heteroatoms. The molecule has 0 unspecified atom stereocenters. The predicted octanol–water partition coefficient (Wildman–Crippen LogP) is 3.10. The van der Waals surface area contributed by atoms with E-state index < -0.39 is 0 Å². The number of aliphatic hydroxyl groups excluding tert-OH is 1. The van der Waals surface area contributed by atoms with E-state index in [0.29, 0.717) is 19.8 Å². The standard InChI is InChI=1S/C14H21Br2NO3/c1-10(2)20-14-11(7-12(15)8-13(14)16)9-17-3-5-19-6-4-18/h7-8,10,17-18H,3-6,9H2,1-2H3. The van der Waals surface area contributed by atoms with Gasteiger partial charge >= 0.3 is 0 Å². The van der Waals surface area contributed by atoms with Gasteiger partial charge in [0.15, 0.2) is 0 Å². The van der Waals surface area contributed by atoms with Crippen LogP contribution in [-0.4, -0.2) is 37.6 Å². The van der Waals surface area contributed by atoms with Gasteiger partial charge in [0, 0.05) is 23.1 Å². The molecule has 0 aromatic heterocycles. The van der Waals surface area contributed by atoms with E-state index in [-0.39, 0.29) is 12.7 Å². The average molecular weight is 411 g/mol. The van der Waals surface area contributed by atoms with Crippen molar-refractivity contribution >= 4 is 31.9 Å². The number of aliphatic hydroxyl groups is 1. The van der Waals surface area contributed by atoms with Crippen molar-refractivity contribution in [2.75, 3.05) is 26.4 Å². The molecule has 114 valence electrons. The fraction of sp³-hybridized carbons (Fsp3) is 0.571. The zero-order valence-corrected chi connectivity index (χ0v) is 15.0. The van der Waals surface area contributed by atoms with Crippen LogP contribution in [0.15, 0.2) is 21.1 Å². The molecule has 0 saturated heterocycles. The van der Waals surface area contributed by atoms with Gasteiger partial charge in [0.1, 0.15) is 5.75 Å². The van der Waals surface area contributed by atoms with Crippen molar-refractivity contribution in [3.63, 3.8) is 0 Å². The van der Waals surface area contributed by atoms with Crippen LogP contribution in [0.3, 0.4) is 0 Å². The number of rotatable bonds is 9. The second kappa shape index (κ2) is 9.73. The monoisotopic (exact) mass is 409 g/mol. The SMILES string of the molecule is CC(C)Oc1c(Br)cc(Br)cc1CNCCOCCO. The highest BCUT2D eigenvalue weighted by atomic mass is 79.9. The zero-order valence-electron chi connectivity index (χ0n) is 11.8. The summed E-state index contributed by atoms with van der Waals surface area (Å²) in [6.45, 7) is 6.46. The molecule has 0 heterocycles. The topological polar surface area (TPSA) is 50.7 Å². The van der Waals surface area contributed by atoms with E-state index in [4.69, 9.17) is 14.6 Å². The van der Waals surface area contributed by atoms with Gasteiger partial charge in [0.05, 0.1) is 30.4 Å². The van der Waals surface area contributed by atoms with E-state index in [0.717, 1.165) is 26.8 Å². The Hall–Kier alpha value is -0.140. The average Bonchev–Trinajstić information content (AvgIpc) is 2.37. The minimum absolute atomic E-state index is 0.0605. The molecule has 20 heavy (non-hydrogen) atoms. The Bertz CT molecular complexity index is 414. The molecule has 1 aromatic rings. The van der Waals surface area contributed by atoms with Gasteiger partial charge in [0.25, 0.3) is 0 Å². The van der Waals surface area contributed by atoms with Crippen LogP contribution in [0.4, 0.5) is 0 Å². The second-order valence-electron chi connectivity index (χ2n) is 4.56. The van der Waals surface area contributed by atoms with Crippen molar-refractivity contribution in [2.24, 2.45) is 0 Å². The lowest BCUT2D eigenvalue weighted by Gasteiger charge is -2.17. The number of nitrogens with one attached hydrogen (secondary N) is 1. The number of hydrogen-bond donors (Lipinski definition) is 2. The molecule has 0 radical (unpaired) electrons. The summed E-state index contributed by atoms with van der Waals surface area (Å²) >= 11 is 7.03. The summed E-state index contributed by atoms with van der Waals surface area (Å²) in [6, 6.07) is 4.02. The van der Waals surface area contributed by atoms with E-state index in [1.54, 1.807) is 0 Å². The Kier molecular flexibility index (Phi) is 8.72. The Balaban J connectivity index is 2.58. The minimum atomic E-state index is 0.0605. The number of halogens is 2. The number of ether oxygens (including phenoxy) is 2. The van der Waals surface area contributed by atoms with Gasteiger partial charge in [-0.05, 0) is 41.9 Å². The highest BCUT2D eigenvalue weighted by Crippen LogP contribution is 2.33. The van der Waals surface area contributed by atoms with Gasteiger partial charge in [-0.2, -0.15) is 0 Å². The Morgan fingerprint density at radius 3 is 2.65 bits per heavy atom. The van der Waals surface area contributed by atoms with Gasteiger partial charge in [-0.3, -0.25) is 0 Å². The Morgan fingerprint density at radius 2 is 2.00 bits per heavy atom. The van der Waals surface area contributed by atoms with Gasteiger partial charge < -0.3 is 19.9 Å². The molecule has 0 aliphatic carbocycles. The van der Waals surface area contributed by atoms with E-state index >= 15 is 0 Å². The summed E-state index contributed by atoms with van der Waals surface area (Å²) in [5.74, 6) is 0.868. The highest BCUT2D eigenvalue weighted by molar-refractivity contribution is 9.11. The lowest BCUT2D eigenvalue weighted by atomic mass is 10.2. The van der Waals surface area contributed by atoms with Crippen LogP contribution in [0, 0.1) is 0 Å². The van der Waals surface area contributed by atoms with E-state index in [2.05, 4.69) is 37.2 Å². The minimum Gasteiger partial charge on any atom is -0.489 e. The van der Waals surface area contributed by atoms with Crippen LogP contribution in [0.25, 0.3) is 0 Å². The molecule has 0 saturated carbocycles. The number of hydrogen-bond acceptors (Lipinski definition) is 4. The third kappa shape index (κ3) is 6.54. The molecule has 0 amide bonds. The molecule has 0 bridgehead atoms. The normalized spacial score (nSPS) is 11.1. The summed E-state index contributed by atoms with van der Waals surface area (Å²) in [5, 5.41) is 11.9. The Labute approximate surface area is 137 Å². The van der Waals surface area contributed by atoms with Crippen LogP contribution in [0.1, 0.15) is 19.4 Å². The smallest absolute Gasteiger partial charge is 0.138 e. The van der Waals surface area contributed by atoms with Gasteiger partial charge in [-0.25, -0.2) is 0 Å². The zero-order chi connectivity index (χ0) is 15.0. The highest BCUT2D eigenvalue weighted by Gasteiger charge is 2.11. The molecule has 0 spiro atoms. The number of benzene rings is 1. The molecular weight excluding hydrogens is 390 g/mol. The molecule has 4 nitrogen and oxygen atoms in total. The van der Waals surface area contributed by atoms with E-state index in [9.17, 15) is 0 Å². The molecule has 0 aliphatic rings. The Morgan fingerprint density at radius 1 is 1.25 bits per heavy atom. The molecule has 2 N–H and O–H groups in total. The van der Waals surface area contributed by atoms with Crippen molar-refractivity contribution < 1.29 is 14.6 Å². The van der Waals surface area contributed by atoms with Crippen LogP contribution >= 0.6 is 31.9 Å². The van der Waals surface area contributed by atoms with E-state index in [1.807, 2.05) is 26.0 Å². The first-order valence-corrected chi connectivity index (χ1v) is 8.17. The first-order valence-electron chi connectivity index (χ1n) is 6.58. The fourth-order valence-electron chi connectivity index (χ4n) is 1.65. The second-order valence-corrected chi connectivity index (χ2v) is 6.33. The third-order valence-corrected chi connectivity index (χ3v) is 3.46. The maximum Gasteiger partial charge on any atom is 0.138 e. The maximum absolute atomic E-state index is 8.61. The van der Waals surface area contributed by atoms with Crippen molar-refractivity contribution in [3.8, 4) is 5.75 Å². The first-order chi connectivity index (χ1) is 9.54. The quantitative estimate of drug-likeness (QED) is 0.614. The molecule has 0 aliphatic heterocycles. The molecule has 0 atom stereocenters. The van der Waals surface area contributed by atoms with Crippen molar-refractivity contribution in [2.45, 2.75) is 26.5 Å². The first kappa shape index (κ1) is 17.9. The maximum atomic E-state index is 8.61. The fourth-order valence-corrected chi connectivity index (χ4v) is 3.05. The predicted molar refractivity (Wildman–Crippen MR) is 87.2 cm³/mol. The van der Waals surface area contributed by atoms with Gasteiger partial charge in [-0.1, -0.05) is 15.9 Å². The summed E-state index contributed by atoms with van der Waals surface area (Å²) in [5.41, 5.74) is 1.09. The lowest BCUT2D eigenvalue weighted by molar-refractivity contribution is 0.0937. The van der Waals surface area contributed by atoms with Crippen LogP contribution in [0.2, 0.25) is 0 Å². The van der Waals surface area contributed by atoms with Crippen LogP contribution in [-0.2, 0) is 11.3 Å². The largest absolute Gasteiger partial charge is 0.489 e. The van der Waals surface area contributed by atoms with Crippen molar-refractivity contribution in [1.29, 1.82) is 0 Å². The summed E-state index contributed by atoms with van der Waals surface area (Å²) in [6.07, 6.45) is 0.124. The van der Waals surface area contributed by atoms with Gasteiger partial charge in [0.2, 0.25) is 0 Å². The van der Waals surface area contributed by atoms with Crippen LogP contribution < -0.4 is 10.1 Å². The van der Waals surface area contributed by atoms with Gasteiger partial charge in [-0.15, -0.1) is 0 Å². The van der Waals surface area contributed by atoms with Crippen LogP contribution in [0.5, 0.6) is 5.75 Å². The molecule has 1 aromatic carbocycles. The van der Waals surface area contributed by atoms with Crippen molar-refractivity contribution in [3.05, 3.63) is 26.6 Å². The molecule has 0 fully saturated rings. The summed E-state index contributed by atoms with van der Waals surface area (Å²) in [4.78, 5) is 0. The van der Waals surface area contributed by atoms with Crippen molar-refractivity contribution in [1.82, 2.24) is 5.32 Å². The summed E-state index contributed by atoms with van der Waals surface area (Å²) in [7, 11) is 0. The lowest BCUT2D eigenvalue weighted by Crippen LogP contribution is -2.21. The molecular formula is C14H21Br2NO3. The van der Waals surface area contributed by atoms with E-state index in [1.165, 1.54) is 0 Å². The molecule has 1 rings (SSSR count). The summed E-state index contributed by atoms with van der Waals surface area (Å²) < 4.78 is 13.0.